The number of aromatic nitrogens is 5. The molecule has 0 atom stereocenters. The van der Waals surface area contributed by atoms with Gasteiger partial charge in [-0.25, -0.2) is 0 Å². The highest BCUT2D eigenvalue weighted by molar-refractivity contribution is 6.43. The van der Waals surface area contributed by atoms with Crippen molar-refractivity contribution in [2.45, 2.75) is 6.42 Å². The van der Waals surface area contributed by atoms with Crippen LogP contribution in [0.1, 0.15) is 5.69 Å². The Morgan fingerprint density at radius 3 is 2.82 bits per heavy atom. The van der Waals surface area contributed by atoms with Gasteiger partial charge in [-0.3, -0.25) is 4.98 Å². The number of hydrogen-bond donors (Lipinski definition) is 1. The van der Waals surface area contributed by atoms with Crippen LogP contribution in [0.2, 0.25) is 10.0 Å². The maximum atomic E-state index is 6.20. The minimum absolute atomic E-state index is 0.407. The van der Waals surface area contributed by atoms with Crippen molar-refractivity contribution < 1.29 is 0 Å². The van der Waals surface area contributed by atoms with Crippen LogP contribution in [0.4, 0.5) is 5.95 Å². The van der Waals surface area contributed by atoms with Crippen LogP contribution < -0.4 is 5.32 Å². The third kappa shape index (κ3) is 3.18. The summed E-state index contributed by atoms with van der Waals surface area (Å²) in [7, 11) is 0. The first-order valence-electron chi connectivity index (χ1n) is 6.62. The fraction of sp³-hybridized carbons (Fsp3) is 0.143. The van der Waals surface area contributed by atoms with E-state index in [1.165, 1.54) is 4.68 Å². The summed E-state index contributed by atoms with van der Waals surface area (Å²) in [5.74, 6) is 0.500. The van der Waals surface area contributed by atoms with Gasteiger partial charge in [-0.2, -0.15) is 4.68 Å². The molecule has 8 heteroatoms. The number of anilines is 1. The number of nitrogens with zero attached hydrogens (tertiary/aromatic N) is 5. The largest absolute Gasteiger partial charge is 0.352 e. The molecule has 3 aromatic rings. The number of rotatable bonds is 5. The fourth-order valence-electron chi connectivity index (χ4n) is 1.96. The average Bonchev–Trinajstić information content (AvgIpc) is 2.99. The number of hydrogen-bond acceptors (Lipinski definition) is 5. The first kappa shape index (κ1) is 14.7. The van der Waals surface area contributed by atoms with Crippen molar-refractivity contribution in [2.75, 3.05) is 11.9 Å². The highest BCUT2D eigenvalue weighted by Crippen LogP contribution is 2.28. The molecule has 0 spiro atoms. The molecule has 0 fully saturated rings. The molecule has 0 unspecified atom stereocenters. The predicted molar refractivity (Wildman–Crippen MR) is 85.6 cm³/mol. The highest BCUT2D eigenvalue weighted by Gasteiger charge is 2.12. The Labute approximate surface area is 137 Å². The Morgan fingerprint density at radius 2 is 2.00 bits per heavy atom. The third-order valence-electron chi connectivity index (χ3n) is 3.02. The number of tetrazole rings is 1. The van der Waals surface area contributed by atoms with Crippen LogP contribution in [0.25, 0.3) is 5.69 Å². The lowest BCUT2D eigenvalue weighted by Gasteiger charge is -2.09. The molecule has 0 radical (unpaired) electrons. The first-order valence-corrected chi connectivity index (χ1v) is 7.38. The Bertz CT molecular complexity index is 759. The average molecular weight is 335 g/mol. The van der Waals surface area contributed by atoms with Gasteiger partial charge in [0.15, 0.2) is 0 Å². The molecule has 0 saturated heterocycles. The Kier molecular flexibility index (Phi) is 4.50. The molecule has 2 heterocycles. The summed E-state index contributed by atoms with van der Waals surface area (Å²) >= 11 is 12.2. The zero-order valence-corrected chi connectivity index (χ0v) is 13.0. The summed E-state index contributed by atoms with van der Waals surface area (Å²) < 4.78 is 1.52. The second-order valence-electron chi connectivity index (χ2n) is 4.49. The van der Waals surface area contributed by atoms with Crippen molar-refractivity contribution in [1.29, 1.82) is 0 Å². The van der Waals surface area contributed by atoms with E-state index in [-0.39, 0.29) is 0 Å². The molecular formula is C14H12Cl2N6. The Morgan fingerprint density at radius 1 is 1.09 bits per heavy atom. The number of nitrogens with one attached hydrogen (secondary N) is 1. The molecule has 112 valence electrons. The van der Waals surface area contributed by atoms with E-state index in [4.69, 9.17) is 23.2 Å². The molecule has 0 aliphatic rings. The van der Waals surface area contributed by atoms with E-state index in [1.54, 1.807) is 24.4 Å². The van der Waals surface area contributed by atoms with Crippen LogP contribution in [-0.2, 0) is 6.42 Å². The summed E-state index contributed by atoms with van der Waals surface area (Å²) in [4.78, 5) is 4.27. The standard InChI is InChI=1S/C14H12Cl2N6/c15-11-5-3-6-12(13(11)16)22-14(19-20-21-22)18-9-7-10-4-1-2-8-17-10/h1-6,8H,7,9H2,(H,18,19,21). The zero-order valence-electron chi connectivity index (χ0n) is 11.4. The minimum atomic E-state index is 0.407. The van der Waals surface area contributed by atoms with Crippen LogP contribution in [0.3, 0.4) is 0 Å². The first-order chi connectivity index (χ1) is 10.8. The quantitative estimate of drug-likeness (QED) is 0.776. The molecule has 0 amide bonds. The second-order valence-corrected chi connectivity index (χ2v) is 5.27. The van der Waals surface area contributed by atoms with Gasteiger partial charge in [-0.05, 0) is 34.7 Å². The van der Waals surface area contributed by atoms with Gasteiger partial charge in [-0.1, -0.05) is 40.4 Å². The molecule has 0 bridgehead atoms. The summed E-state index contributed by atoms with van der Waals surface area (Å²) in [6, 6.07) is 11.1. The van der Waals surface area contributed by atoms with Gasteiger partial charge < -0.3 is 5.32 Å². The van der Waals surface area contributed by atoms with Crippen molar-refractivity contribution in [2.24, 2.45) is 0 Å². The fourth-order valence-corrected chi connectivity index (χ4v) is 2.34. The Hall–Kier alpha value is -2.18. The highest BCUT2D eigenvalue weighted by atomic mass is 35.5. The van der Waals surface area contributed by atoms with Crippen LogP contribution in [0.5, 0.6) is 0 Å². The van der Waals surface area contributed by atoms with E-state index < -0.39 is 0 Å². The molecule has 6 nitrogen and oxygen atoms in total. The summed E-state index contributed by atoms with van der Waals surface area (Å²) in [5.41, 5.74) is 1.62. The molecule has 22 heavy (non-hydrogen) atoms. The van der Waals surface area contributed by atoms with Gasteiger partial charge in [0.25, 0.3) is 0 Å². The summed E-state index contributed by atoms with van der Waals surface area (Å²) in [6.45, 7) is 0.648. The lowest BCUT2D eigenvalue weighted by atomic mass is 10.3. The smallest absolute Gasteiger partial charge is 0.247 e. The molecule has 0 aliphatic heterocycles. The topological polar surface area (TPSA) is 68.5 Å². The van der Waals surface area contributed by atoms with Gasteiger partial charge >= 0.3 is 0 Å². The Balaban J connectivity index is 1.74. The van der Waals surface area contributed by atoms with Gasteiger partial charge in [0.05, 0.1) is 15.7 Å². The minimum Gasteiger partial charge on any atom is -0.352 e. The predicted octanol–water partition coefficient (Wildman–Crippen LogP) is 3.02. The third-order valence-corrected chi connectivity index (χ3v) is 3.83. The van der Waals surface area contributed by atoms with Crippen molar-refractivity contribution in [3.8, 4) is 5.69 Å². The van der Waals surface area contributed by atoms with E-state index in [2.05, 4.69) is 25.8 Å². The van der Waals surface area contributed by atoms with E-state index >= 15 is 0 Å². The van der Waals surface area contributed by atoms with Gasteiger partial charge in [0, 0.05) is 24.9 Å². The van der Waals surface area contributed by atoms with E-state index in [0.717, 1.165) is 12.1 Å². The zero-order chi connectivity index (χ0) is 15.4. The maximum absolute atomic E-state index is 6.20. The van der Waals surface area contributed by atoms with Gasteiger partial charge in [-0.15, -0.1) is 0 Å². The van der Waals surface area contributed by atoms with E-state index in [0.29, 0.717) is 28.2 Å². The molecular weight excluding hydrogens is 323 g/mol. The van der Waals surface area contributed by atoms with Crippen molar-refractivity contribution in [3.63, 3.8) is 0 Å². The summed E-state index contributed by atoms with van der Waals surface area (Å²) in [5, 5.41) is 15.6. The van der Waals surface area contributed by atoms with Crippen LogP contribution in [0.15, 0.2) is 42.6 Å². The SMILES string of the molecule is Clc1cccc(-n2nnnc2NCCc2ccccn2)c1Cl. The number of halogens is 2. The lowest BCUT2D eigenvalue weighted by Crippen LogP contribution is -2.11. The summed E-state index contributed by atoms with van der Waals surface area (Å²) in [6.07, 6.45) is 2.53. The van der Waals surface area contributed by atoms with Crippen molar-refractivity contribution in [1.82, 2.24) is 25.2 Å². The number of pyridine rings is 1. The van der Waals surface area contributed by atoms with Crippen molar-refractivity contribution >= 4 is 29.2 Å². The number of benzene rings is 1. The maximum Gasteiger partial charge on any atom is 0.247 e. The monoisotopic (exact) mass is 334 g/mol. The lowest BCUT2D eigenvalue weighted by molar-refractivity contribution is 0.788. The van der Waals surface area contributed by atoms with Crippen molar-refractivity contribution in [3.05, 3.63) is 58.3 Å². The molecule has 0 saturated carbocycles. The van der Waals surface area contributed by atoms with E-state index in [1.807, 2.05) is 18.2 Å². The van der Waals surface area contributed by atoms with Crippen LogP contribution >= 0.6 is 23.2 Å². The molecule has 1 aromatic carbocycles. The van der Waals surface area contributed by atoms with E-state index in [9.17, 15) is 0 Å². The molecule has 0 aliphatic carbocycles. The molecule has 2 aromatic heterocycles. The van der Waals surface area contributed by atoms with Crippen LogP contribution in [-0.4, -0.2) is 31.7 Å². The molecule has 1 N–H and O–H groups in total. The second kappa shape index (κ2) is 6.72. The van der Waals surface area contributed by atoms with Gasteiger partial charge in [0.2, 0.25) is 5.95 Å². The van der Waals surface area contributed by atoms with Gasteiger partial charge in [0.1, 0.15) is 0 Å². The molecule has 3 rings (SSSR count). The van der Waals surface area contributed by atoms with Crippen LogP contribution in [0, 0.1) is 0 Å². The normalized spacial score (nSPS) is 10.6.